The number of rotatable bonds is 2. The molecule has 88 valence electrons. The third-order valence-electron chi connectivity index (χ3n) is 2.75. The third kappa shape index (κ3) is 2.84. The molecule has 0 atom stereocenters. The molecular formula is C10H13BrClN3O. The van der Waals surface area contributed by atoms with Gasteiger partial charge >= 0.3 is 0 Å². The minimum absolute atomic E-state index is 0.171. The number of anilines is 1. The Balaban J connectivity index is 2.15. The number of halogens is 2. The topological polar surface area (TPSA) is 58.0 Å². The number of nitrogens with zero attached hydrogens (tertiary/aromatic N) is 2. The average Bonchev–Trinajstić information content (AvgIpc) is 2.24. The molecule has 1 aliphatic rings. The zero-order valence-corrected chi connectivity index (χ0v) is 11.1. The quantitative estimate of drug-likeness (QED) is 0.651. The molecule has 1 aromatic rings. The summed E-state index contributed by atoms with van der Waals surface area (Å²) < 4.78 is 0.705. The fourth-order valence-corrected chi connectivity index (χ4v) is 2.34. The van der Waals surface area contributed by atoms with Crippen LogP contribution in [0, 0.1) is 0 Å². The Kier molecular flexibility index (Phi) is 3.66. The molecule has 1 aliphatic carbocycles. The first-order valence-corrected chi connectivity index (χ1v) is 6.45. The van der Waals surface area contributed by atoms with E-state index in [0.717, 1.165) is 25.7 Å². The zero-order valence-electron chi connectivity index (χ0n) is 8.71. The van der Waals surface area contributed by atoms with Crippen LogP contribution in [0.15, 0.2) is 10.7 Å². The molecule has 1 saturated carbocycles. The van der Waals surface area contributed by atoms with E-state index >= 15 is 0 Å². The van der Waals surface area contributed by atoms with Crippen LogP contribution in [0.4, 0.5) is 5.82 Å². The van der Waals surface area contributed by atoms with Gasteiger partial charge in [-0.1, -0.05) is 6.42 Å². The first-order chi connectivity index (χ1) is 7.59. The minimum atomic E-state index is -0.863. The maximum atomic E-state index is 10.3. The van der Waals surface area contributed by atoms with Crippen LogP contribution in [-0.2, 0) is 0 Å². The second kappa shape index (κ2) is 4.85. The van der Waals surface area contributed by atoms with E-state index < -0.39 is 5.72 Å². The lowest BCUT2D eigenvalue weighted by atomic mass is 9.92. The molecule has 0 aromatic carbocycles. The normalized spacial score (nSPS) is 19.4. The van der Waals surface area contributed by atoms with Crippen molar-refractivity contribution in [2.45, 2.75) is 37.8 Å². The van der Waals surface area contributed by atoms with E-state index in [-0.39, 0.29) is 5.28 Å². The highest BCUT2D eigenvalue weighted by Crippen LogP contribution is 2.31. The summed E-state index contributed by atoms with van der Waals surface area (Å²) in [6.45, 7) is 0. The molecule has 2 N–H and O–H groups in total. The van der Waals surface area contributed by atoms with Gasteiger partial charge in [0.1, 0.15) is 11.5 Å². The third-order valence-corrected chi connectivity index (χ3v) is 3.51. The number of hydrogen-bond acceptors (Lipinski definition) is 4. The fourth-order valence-electron chi connectivity index (χ4n) is 1.92. The van der Waals surface area contributed by atoms with Crippen LogP contribution in [-0.4, -0.2) is 20.8 Å². The molecule has 0 saturated heterocycles. The van der Waals surface area contributed by atoms with E-state index in [1.54, 1.807) is 6.20 Å². The second-order valence-electron chi connectivity index (χ2n) is 4.05. The van der Waals surface area contributed by atoms with Gasteiger partial charge in [0.2, 0.25) is 5.28 Å². The Morgan fingerprint density at radius 1 is 1.38 bits per heavy atom. The predicted octanol–water partition coefficient (Wildman–Crippen LogP) is 2.96. The molecular weight excluding hydrogens is 293 g/mol. The highest BCUT2D eigenvalue weighted by atomic mass is 79.9. The Hall–Kier alpha value is -0.390. The first kappa shape index (κ1) is 12.1. The Bertz CT molecular complexity index is 382. The maximum absolute atomic E-state index is 10.3. The lowest BCUT2D eigenvalue weighted by Gasteiger charge is -2.33. The van der Waals surface area contributed by atoms with Crippen LogP contribution < -0.4 is 5.32 Å². The number of aliphatic hydroxyl groups is 1. The van der Waals surface area contributed by atoms with Gasteiger partial charge in [0.05, 0.1) is 4.47 Å². The Morgan fingerprint density at radius 3 is 2.75 bits per heavy atom. The van der Waals surface area contributed by atoms with Gasteiger partial charge in [0.15, 0.2) is 0 Å². The summed E-state index contributed by atoms with van der Waals surface area (Å²) >= 11 is 9.04. The molecule has 0 aliphatic heterocycles. The molecule has 16 heavy (non-hydrogen) atoms. The SMILES string of the molecule is OC1(Nc2nc(Cl)ncc2Br)CCCCC1. The van der Waals surface area contributed by atoms with Crippen molar-refractivity contribution < 1.29 is 5.11 Å². The first-order valence-electron chi connectivity index (χ1n) is 5.28. The molecule has 2 rings (SSSR count). The lowest BCUT2D eigenvalue weighted by molar-refractivity contribution is 0.0312. The maximum Gasteiger partial charge on any atom is 0.224 e. The van der Waals surface area contributed by atoms with E-state index in [4.69, 9.17) is 11.6 Å². The molecule has 6 heteroatoms. The molecule has 0 amide bonds. The van der Waals surface area contributed by atoms with E-state index in [2.05, 4.69) is 31.2 Å². The van der Waals surface area contributed by atoms with Gasteiger partial charge in [0.25, 0.3) is 0 Å². The van der Waals surface area contributed by atoms with Crippen molar-refractivity contribution in [2.24, 2.45) is 0 Å². The van der Waals surface area contributed by atoms with Gasteiger partial charge in [-0.15, -0.1) is 0 Å². The van der Waals surface area contributed by atoms with Crippen LogP contribution in [0.5, 0.6) is 0 Å². The standard InChI is InChI=1S/C10H13BrClN3O/c11-7-6-13-9(12)14-8(7)15-10(16)4-2-1-3-5-10/h6,16H,1-5H2,(H,13,14,15). The monoisotopic (exact) mass is 305 g/mol. The van der Waals surface area contributed by atoms with Crippen LogP contribution >= 0.6 is 27.5 Å². The summed E-state index contributed by atoms with van der Waals surface area (Å²) in [5.41, 5.74) is -0.863. The summed E-state index contributed by atoms with van der Waals surface area (Å²) in [5, 5.41) is 13.5. The van der Waals surface area contributed by atoms with Crippen LogP contribution in [0.3, 0.4) is 0 Å². The highest BCUT2D eigenvalue weighted by molar-refractivity contribution is 9.10. The Labute approximate surface area is 108 Å². The van der Waals surface area contributed by atoms with Gasteiger partial charge in [-0.25, -0.2) is 4.98 Å². The largest absolute Gasteiger partial charge is 0.371 e. The summed E-state index contributed by atoms with van der Waals surface area (Å²) in [6.07, 6.45) is 6.28. The van der Waals surface area contributed by atoms with Gasteiger partial charge in [0, 0.05) is 6.20 Å². The van der Waals surface area contributed by atoms with Crippen LogP contribution in [0.25, 0.3) is 0 Å². The summed E-state index contributed by atoms with van der Waals surface area (Å²) in [7, 11) is 0. The number of hydrogen-bond donors (Lipinski definition) is 2. The highest BCUT2D eigenvalue weighted by Gasteiger charge is 2.29. The van der Waals surface area contributed by atoms with Gasteiger partial charge < -0.3 is 10.4 Å². The van der Waals surface area contributed by atoms with Crippen LogP contribution in [0.2, 0.25) is 5.28 Å². The summed E-state index contributed by atoms with van der Waals surface area (Å²) in [5.74, 6) is 0.546. The van der Waals surface area contributed by atoms with E-state index in [1.807, 2.05) is 0 Å². The van der Waals surface area contributed by atoms with Gasteiger partial charge in [-0.2, -0.15) is 4.98 Å². The fraction of sp³-hybridized carbons (Fsp3) is 0.600. The van der Waals surface area contributed by atoms with Crippen molar-refractivity contribution in [1.29, 1.82) is 0 Å². The van der Waals surface area contributed by atoms with Crippen molar-refractivity contribution in [3.8, 4) is 0 Å². The predicted molar refractivity (Wildman–Crippen MR) is 66.4 cm³/mol. The molecule has 1 heterocycles. The van der Waals surface area contributed by atoms with Crippen molar-refractivity contribution in [3.63, 3.8) is 0 Å². The van der Waals surface area contributed by atoms with Crippen molar-refractivity contribution in [3.05, 3.63) is 16.0 Å². The van der Waals surface area contributed by atoms with Crippen molar-refractivity contribution in [1.82, 2.24) is 9.97 Å². The van der Waals surface area contributed by atoms with Crippen molar-refractivity contribution in [2.75, 3.05) is 5.32 Å². The average molecular weight is 307 g/mol. The molecule has 0 unspecified atom stereocenters. The molecule has 4 nitrogen and oxygen atoms in total. The smallest absolute Gasteiger partial charge is 0.224 e. The number of nitrogens with one attached hydrogen (secondary N) is 1. The number of aromatic nitrogens is 2. The van der Waals surface area contributed by atoms with Gasteiger partial charge in [-0.05, 0) is 53.2 Å². The Morgan fingerprint density at radius 2 is 2.06 bits per heavy atom. The zero-order chi connectivity index (χ0) is 11.6. The summed E-state index contributed by atoms with van der Waals surface area (Å²) in [6, 6.07) is 0. The second-order valence-corrected chi connectivity index (χ2v) is 5.25. The lowest BCUT2D eigenvalue weighted by Crippen LogP contribution is -2.40. The van der Waals surface area contributed by atoms with Crippen LogP contribution in [0.1, 0.15) is 32.1 Å². The molecule has 0 spiro atoms. The minimum Gasteiger partial charge on any atom is -0.371 e. The van der Waals surface area contributed by atoms with E-state index in [0.29, 0.717) is 10.3 Å². The molecule has 0 radical (unpaired) electrons. The van der Waals surface area contributed by atoms with E-state index in [1.165, 1.54) is 6.42 Å². The molecule has 1 aromatic heterocycles. The molecule has 0 bridgehead atoms. The summed E-state index contributed by atoms with van der Waals surface area (Å²) in [4.78, 5) is 7.89. The van der Waals surface area contributed by atoms with Gasteiger partial charge in [-0.3, -0.25) is 0 Å². The van der Waals surface area contributed by atoms with E-state index in [9.17, 15) is 5.11 Å². The van der Waals surface area contributed by atoms with Crippen molar-refractivity contribution >= 4 is 33.3 Å². The molecule has 1 fully saturated rings.